The van der Waals surface area contributed by atoms with Crippen LogP contribution in [-0.4, -0.2) is 9.55 Å². The molecule has 0 aliphatic rings. The lowest BCUT2D eigenvalue weighted by molar-refractivity contribution is 0.815. The number of fused-ring (bicyclic) bond motifs is 1. The Morgan fingerprint density at radius 3 is 2.70 bits per heavy atom. The van der Waals surface area contributed by atoms with Gasteiger partial charge in [0.15, 0.2) is 0 Å². The Balaban J connectivity index is 2.37. The average Bonchev–Trinajstić information content (AvgIpc) is 2.61. The van der Waals surface area contributed by atoms with Gasteiger partial charge in [0.05, 0.1) is 11.9 Å². The van der Waals surface area contributed by atoms with E-state index in [1.54, 1.807) is 24.0 Å². The molecule has 20 heavy (non-hydrogen) atoms. The Labute approximate surface area is 115 Å². The first kappa shape index (κ1) is 12.3. The maximum atomic E-state index is 12.4. The Morgan fingerprint density at radius 2 is 1.90 bits per heavy atom. The molecule has 0 aliphatic heterocycles. The van der Waals surface area contributed by atoms with Gasteiger partial charge in [0.25, 0.3) is 5.56 Å². The molecule has 0 N–H and O–H groups in total. The minimum Gasteiger partial charge on any atom is -0.296 e. The van der Waals surface area contributed by atoms with Crippen LogP contribution in [0.1, 0.15) is 0 Å². The lowest BCUT2D eigenvalue weighted by Gasteiger charge is -1.95. The number of hydrogen-bond acceptors (Lipinski definition) is 3. The molecule has 0 unspecified atom stereocenters. The summed E-state index contributed by atoms with van der Waals surface area (Å²) in [6, 6.07) is 14.9. The van der Waals surface area contributed by atoms with Crippen LogP contribution in [0.2, 0.25) is 0 Å². The van der Waals surface area contributed by atoms with Gasteiger partial charge in [-0.05, 0) is 29.7 Å². The Hall–Kier alpha value is -2.75. The SMILES string of the molecule is Cn1c(=Nc2cccnc2)ccc2ccccc2c1=O. The van der Waals surface area contributed by atoms with E-state index in [9.17, 15) is 4.79 Å². The highest BCUT2D eigenvalue weighted by Crippen LogP contribution is 2.07. The van der Waals surface area contributed by atoms with Crippen LogP contribution in [-0.2, 0) is 7.05 Å². The number of rotatable bonds is 1. The lowest BCUT2D eigenvalue weighted by atomic mass is 10.2. The van der Waals surface area contributed by atoms with Crippen molar-refractivity contribution in [2.24, 2.45) is 12.0 Å². The maximum absolute atomic E-state index is 12.4. The van der Waals surface area contributed by atoms with E-state index < -0.39 is 0 Å². The van der Waals surface area contributed by atoms with Crippen molar-refractivity contribution < 1.29 is 0 Å². The number of nitrogens with zero attached hydrogens (tertiary/aromatic N) is 3. The van der Waals surface area contributed by atoms with Crippen LogP contribution in [0.4, 0.5) is 5.69 Å². The summed E-state index contributed by atoms with van der Waals surface area (Å²) < 4.78 is 1.55. The van der Waals surface area contributed by atoms with E-state index in [4.69, 9.17) is 0 Å². The second kappa shape index (κ2) is 5.09. The van der Waals surface area contributed by atoms with Gasteiger partial charge in [0.1, 0.15) is 5.49 Å². The zero-order valence-corrected chi connectivity index (χ0v) is 11.0. The minimum absolute atomic E-state index is 0.0618. The van der Waals surface area contributed by atoms with Crippen LogP contribution in [0.25, 0.3) is 10.8 Å². The summed E-state index contributed by atoms with van der Waals surface area (Å²) in [7, 11) is 1.73. The second-order valence-corrected chi connectivity index (χ2v) is 4.47. The zero-order valence-electron chi connectivity index (χ0n) is 11.0. The molecule has 4 nitrogen and oxygen atoms in total. The normalized spacial score (nSPS) is 11.8. The van der Waals surface area contributed by atoms with E-state index in [0.29, 0.717) is 10.9 Å². The summed E-state index contributed by atoms with van der Waals surface area (Å²) in [5, 5.41) is 1.59. The van der Waals surface area contributed by atoms with E-state index in [1.807, 2.05) is 48.5 Å². The van der Waals surface area contributed by atoms with Crippen LogP contribution in [0, 0.1) is 0 Å². The van der Waals surface area contributed by atoms with Crippen LogP contribution >= 0.6 is 0 Å². The van der Waals surface area contributed by atoms with Gasteiger partial charge in [-0.1, -0.05) is 24.3 Å². The van der Waals surface area contributed by atoms with Gasteiger partial charge in [-0.15, -0.1) is 0 Å². The van der Waals surface area contributed by atoms with E-state index in [1.165, 1.54) is 0 Å². The minimum atomic E-state index is -0.0618. The summed E-state index contributed by atoms with van der Waals surface area (Å²) in [5.41, 5.74) is 1.25. The first-order chi connectivity index (χ1) is 9.75. The summed E-state index contributed by atoms with van der Waals surface area (Å²) in [4.78, 5) is 20.9. The molecule has 98 valence electrons. The van der Waals surface area contributed by atoms with Crippen molar-refractivity contribution in [1.29, 1.82) is 0 Å². The number of aromatic nitrogens is 2. The summed E-state index contributed by atoms with van der Waals surface area (Å²) in [6.45, 7) is 0. The fourth-order valence-electron chi connectivity index (χ4n) is 2.06. The topological polar surface area (TPSA) is 47.2 Å². The molecule has 0 saturated carbocycles. The van der Waals surface area contributed by atoms with Gasteiger partial charge in [-0.25, -0.2) is 4.99 Å². The maximum Gasteiger partial charge on any atom is 0.259 e. The Kier molecular flexibility index (Phi) is 3.13. The molecule has 4 heteroatoms. The molecule has 0 fully saturated rings. The zero-order chi connectivity index (χ0) is 13.9. The van der Waals surface area contributed by atoms with E-state index in [0.717, 1.165) is 11.1 Å². The fraction of sp³-hybridized carbons (Fsp3) is 0.0625. The standard InChI is InChI=1S/C16H13N3O/c1-19-15(18-13-6-4-10-17-11-13)9-8-12-5-2-3-7-14(12)16(19)20/h2-11H,1H3. The van der Waals surface area contributed by atoms with Gasteiger partial charge in [0.2, 0.25) is 0 Å². The highest BCUT2D eigenvalue weighted by molar-refractivity contribution is 5.80. The predicted molar refractivity (Wildman–Crippen MR) is 78.6 cm³/mol. The van der Waals surface area contributed by atoms with Gasteiger partial charge < -0.3 is 0 Å². The third kappa shape index (κ3) is 2.23. The molecular weight excluding hydrogens is 250 g/mol. The molecule has 0 saturated heterocycles. The monoisotopic (exact) mass is 263 g/mol. The van der Waals surface area contributed by atoms with Crippen LogP contribution in [0.15, 0.2) is 70.7 Å². The number of hydrogen-bond donors (Lipinski definition) is 0. The Morgan fingerprint density at radius 1 is 1.05 bits per heavy atom. The molecule has 1 aromatic carbocycles. The van der Waals surface area contributed by atoms with E-state index in [2.05, 4.69) is 9.98 Å². The molecular formula is C16H13N3O. The quantitative estimate of drug-likeness (QED) is 0.675. The van der Waals surface area contributed by atoms with Gasteiger partial charge >= 0.3 is 0 Å². The largest absolute Gasteiger partial charge is 0.296 e. The third-order valence-electron chi connectivity index (χ3n) is 3.14. The van der Waals surface area contributed by atoms with Gasteiger partial charge in [-0.3, -0.25) is 14.3 Å². The van der Waals surface area contributed by atoms with E-state index >= 15 is 0 Å². The van der Waals surface area contributed by atoms with Crippen molar-refractivity contribution in [2.75, 3.05) is 0 Å². The van der Waals surface area contributed by atoms with E-state index in [-0.39, 0.29) is 5.56 Å². The first-order valence-corrected chi connectivity index (χ1v) is 6.29. The molecule has 0 aliphatic carbocycles. The lowest BCUT2D eigenvalue weighted by Crippen LogP contribution is -2.27. The summed E-state index contributed by atoms with van der Waals surface area (Å²) in [5.74, 6) is 0. The molecule has 2 heterocycles. The molecule has 0 bridgehead atoms. The molecule has 0 atom stereocenters. The smallest absolute Gasteiger partial charge is 0.259 e. The first-order valence-electron chi connectivity index (χ1n) is 6.29. The number of pyridine rings is 1. The molecule has 0 radical (unpaired) electrons. The number of benzene rings is 1. The van der Waals surface area contributed by atoms with Gasteiger partial charge in [0, 0.05) is 18.6 Å². The van der Waals surface area contributed by atoms with Crippen molar-refractivity contribution in [3.05, 3.63) is 76.8 Å². The molecule has 3 aromatic rings. The van der Waals surface area contributed by atoms with Crippen molar-refractivity contribution in [1.82, 2.24) is 9.55 Å². The summed E-state index contributed by atoms with van der Waals surface area (Å²) >= 11 is 0. The third-order valence-corrected chi connectivity index (χ3v) is 3.14. The molecule has 2 aromatic heterocycles. The van der Waals surface area contributed by atoms with Crippen molar-refractivity contribution in [3.63, 3.8) is 0 Å². The van der Waals surface area contributed by atoms with Crippen LogP contribution < -0.4 is 11.0 Å². The van der Waals surface area contributed by atoms with Gasteiger partial charge in [-0.2, -0.15) is 0 Å². The second-order valence-electron chi connectivity index (χ2n) is 4.47. The molecule has 3 rings (SSSR count). The van der Waals surface area contributed by atoms with Crippen LogP contribution in [0.5, 0.6) is 0 Å². The highest BCUT2D eigenvalue weighted by Gasteiger charge is 1.99. The highest BCUT2D eigenvalue weighted by atomic mass is 16.1. The fourth-order valence-corrected chi connectivity index (χ4v) is 2.06. The predicted octanol–water partition coefficient (Wildman–Crippen LogP) is 2.17. The molecule has 0 spiro atoms. The average molecular weight is 263 g/mol. The molecule has 0 amide bonds. The van der Waals surface area contributed by atoms with Crippen molar-refractivity contribution in [2.45, 2.75) is 0 Å². The Bertz CT molecular complexity index is 883. The summed E-state index contributed by atoms with van der Waals surface area (Å²) in [6.07, 6.45) is 3.36. The van der Waals surface area contributed by atoms with Crippen LogP contribution in [0.3, 0.4) is 0 Å². The van der Waals surface area contributed by atoms with Crippen molar-refractivity contribution in [3.8, 4) is 0 Å². The van der Waals surface area contributed by atoms with Crippen molar-refractivity contribution >= 4 is 16.5 Å².